The zero-order chi connectivity index (χ0) is 17.4. The van der Waals surface area contributed by atoms with Gasteiger partial charge in [-0.05, 0) is 29.2 Å². The first-order valence-electron chi connectivity index (χ1n) is 8.37. The maximum Gasteiger partial charge on any atom is 0.241 e. The maximum atomic E-state index is 12.1. The second-order valence-corrected chi connectivity index (χ2v) is 6.08. The van der Waals surface area contributed by atoms with Crippen molar-refractivity contribution in [2.24, 2.45) is 11.7 Å². The number of rotatable bonds is 8. The summed E-state index contributed by atoms with van der Waals surface area (Å²) in [5, 5.41) is 2.86. The second kappa shape index (κ2) is 10.9. The highest BCUT2D eigenvalue weighted by molar-refractivity contribution is 5.94. The third-order valence-corrected chi connectivity index (χ3v) is 4.16. The van der Waals surface area contributed by atoms with Crippen LogP contribution < -0.4 is 11.1 Å². The van der Waals surface area contributed by atoms with Gasteiger partial charge in [0.05, 0.1) is 19.3 Å². The molecule has 5 heteroatoms. The molecule has 0 heterocycles. The monoisotopic (exact) mass is 362 g/mol. The lowest BCUT2D eigenvalue weighted by Gasteiger charge is -2.17. The number of amides is 1. The molecule has 0 bridgehead atoms. The van der Waals surface area contributed by atoms with Gasteiger partial charge in [-0.3, -0.25) is 4.79 Å². The van der Waals surface area contributed by atoms with Crippen molar-refractivity contribution < 1.29 is 9.53 Å². The average Bonchev–Trinajstić information content (AvgIpc) is 2.62. The van der Waals surface area contributed by atoms with E-state index in [9.17, 15) is 4.79 Å². The first kappa shape index (κ1) is 21.2. The molecule has 3 N–H and O–H groups in total. The third kappa shape index (κ3) is 6.86. The van der Waals surface area contributed by atoms with E-state index in [1.807, 2.05) is 68.4 Å². The average molecular weight is 363 g/mol. The molecule has 2 atom stereocenters. The molecular formula is C20H27ClN2O2. The Morgan fingerprint density at radius 3 is 2.16 bits per heavy atom. The number of hydrogen-bond donors (Lipinski definition) is 2. The summed E-state index contributed by atoms with van der Waals surface area (Å²) in [6.07, 6.45) is 0.881. The minimum atomic E-state index is -0.483. The molecule has 2 aromatic rings. The van der Waals surface area contributed by atoms with Crippen LogP contribution in [0, 0.1) is 5.92 Å². The maximum absolute atomic E-state index is 12.1. The van der Waals surface area contributed by atoms with Crippen LogP contribution in [-0.4, -0.2) is 11.9 Å². The van der Waals surface area contributed by atoms with Crippen LogP contribution in [0.4, 0.5) is 5.69 Å². The number of anilines is 1. The van der Waals surface area contributed by atoms with Gasteiger partial charge >= 0.3 is 0 Å². The fourth-order valence-electron chi connectivity index (χ4n) is 2.28. The van der Waals surface area contributed by atoms with Crippen LogP contribution >= 0.6 is 12.4 Å². The van der Waals surface area contributed by atoms with E-state index in [1.54, 1.807) is 0 Å². The molecule has 0 fully saturated rings. The number of hydrogen-bond acceptors (Lipinski definition) is 3. The van der Waals surface area contributed by atoms with Crippen molar-refractivity contribution in [1.82, 2.24) is 0 Å². The zero-order valence-corrected chi connectivity index (χ0v) is 15.6. The van der Waals surface area contributed by atoms with Crippen LogP contribution in [0.5, 0.6) is 0 Å². The first-order chi connectivity index (χ1) is 11.6. The first-order valence-corrected chi connectivity index (χ1v) is 8.37. The highest BCUT2D eigenvalue weighted by Crippen LogP contribution is 2.13. The predicted molar refractivity (Wildman–Crippen MR) is 105 cm³/mol. The van der Waals surface area contributed by atoms with E-state index in [-0.39, 0.29) is 24.2 Å². The summed E-state index contributed by atoms with van der Waals surface area (Å²) in [4.78, 5) is 12.1. The van der Waals surface area contributed by atoms with Gasteiger partial charge < -0.3 is 15.8 Å². The molecular weight excluding hydrogens is 336 g/mol. The summed E-state index contributed by atoms with van der Waals surface area (Å²) < 4.78 is 5.70. The summed E-state index contributed by atoms with van der Waals surface area (Å²) in [7, 11) is 0. The second-order valence-electron chi connectivity index (χ2n) is 6.08. The molecule has 0 spiro atoms. The van der Waals surface area contributed by atoms with Crippen LogP contribution in [0.25, 0.3) is 0 Å². The molecule has 0 saturated heterocycles. The molecule has 0 radical (unpaired) electrons. The summed E-state index contributed by atoms with van der Waals surface area (Å²) in [5.74, 6) is 0.0214. The molecule has 2 unspecified atom stereocenters. The molecule has 136 valence electrons. The van der Waals surface area contributed by atoms with Crippen molar-refractivity contribution in [1.29, 1.82) is 0 Å². The molecule has 0 aromatic heterocycles. The van der Waals surface area contributed by atoms with Gasteiger partial charge in [0.1, 0.15) is 0 Å². The minimum Gasteiger partial charge on any atom is -0.372 e. The lowest BCUT2D eigenvalue weighted by molar-refractivity contribution is -0.118. The summed E-state index contributed by atoms with van der Waals surface area (Å²) in [5.41, 5.74) is 8.91. The zero-order valence-electron chi connectivity index (χ0n) is 14.8. The van der Waals surface area contributed by atoms with Gasteiger partial charge in [0.15, 0.2) is 0 Å². The highest BCUT2D eigenvalue weighted by atomic mass is 35.5. The number of ether oxygens (including phenoxy) is 1. The van der Waals surface area contributed by atoms with Gasteiger partial charge in [-0.2, -0.15) is 0 Å². The lowest BCUT2D eigenvalue weighted by Crippen LogP contribution is -2.40. The number of nitrogens with two attached hydrogens (primary N) is 1. The Balaban J connectivity index is 0.00000312. The van der Waals surface area contributed by atoms with Crippen molar-refractivity contribution in [2.75, 3.05) is 5.32 Å². The number of nitrogens with one attached hydrogen (secondary N) is 1. The topological polar surface area (TPSA) is 64.4 Å². The van der Waals surface area contributed by atoms with E-state index >= 15 is 0 Å². The van der Waals surface area contributed by atoms with Gasteiger partial charge in [0.2, 0.25) is 5.91 Å². The van der Waals surface area contributed by atoms with E-state index in [1.165, 1.54) is 0 Å². The summed E-state index contributed by atoms with van der Waals surface area (Å²) in [6, 6.07) is 17.3. The Hall–Kier alpha value is -1.88. The standard InChI is InChI=1S/C20H26N2O2.ClH/c1-3-15(2)19(21)20(23)22-18-11-9-17(10-12-18)14-24-13-16-7-5-4-6-8-16;/h4-12,15,19H,3,13-14,21H2,1-2H3,(H,22,23);1H. The largest absolute Gasteiger partial charge is 0.372 e. The molecule has 0 aliphatic heterocycles. The van der Waals surface area contributed by atoms with Crippen molar-refractivity contribution in [2.45, 2.75) is 39.5 Å². The number of carbonyl (C=O) groups is 1. The smallest absolute Gasteiger partial charge is 0.241 e. The van der Waals surface area contributed by atoms with E-state index in [0.29, 0.717) is 13.2 Å². The molecule has 25 heavy (non-hydrogen) atoms. The Labute approximate surface area is 156 Å². The molecule has 2 aromatic carbocycles. The van der Waals surface area contributed by atoms with E-state index in [2.05, 4.69) is 5.32 Å². The van der Waals surface area contributed by atoms with Crippen molar-refractivity contribution in [3.63, 3.8) is 0 Å². The van der Waals surface area contributed by atoms with Gasteiger partial charge in [0, 0.05) is 5.69 Å². The molecule has 0 aliphatic rings. The molecule has 2 rings (SSSR count). The van der Waals surface area contributed by atoms with Crippen LogP contribution in [-0.2, 0) is 22.7 Å². The predicted octanol–water partition coefficient (Wildman–Crippen LogP) is 4.14. The molecule has 0 aliphatic carbocycles. The molecule has 1 amide bonds. The Morgan fingerprint density at radius 1 is 1.04 bits per heavy atom. The van der Waals surface area contributed by atoms with Gasteiger partial charge in [0.25, 0.3) is 0 Å². The number of benzene rings is 2. The van der Waals surface area contributed by atoms with E-state index < -0.39 is 6.04 Å². The fraction of sp³-hybridized carbons (Fsp3) is 0.350. The van der Waals surface area contributed by atoms with Crippen LogP contribution in [0.15, 0.2) is 54.6 Å². The highest BCUT2D eigenvalue weighted by Gasteiger charge is 2.19. The quantitative estimate of drug-likeness (QED) is 0.741. The summed E-state index contributed by atoms with van der Waals surface area (Å²) >= 11 is 0. The van der Waals surface area contributed by atoms with Crippen molar-refractivity contribution in [3.05, 3.63) is 65.7 Å². The van der Waals surface area contributed by atoms with E-state index in [0.717, 1.165) is 23.2 Å². The summed E-state index contributed by atoms with van der Waals surface area (Å²) in [6.45, 7) is 5.14. The van der Waals surface area contributed by atoms with Crippen molar-refractivity contribution >= 4 is 24.0 Å². The van der Waals surface area contributed by atoms with E-state index in [4.69, 9.17) is 10.5 Å². The Bertz CT molecular complexity index is 632. The normalized spacial score (nSPS) is 12.8. The number of carbonyl (C=O) groups excluding carboxylic acids is 1. The Morgan fingerprint density at radius 2 is 1.60 bits per heavy atom. The van der Waals surface area contributed by atoms with Gasteiger partial charge in [-0.15, -0.1) is 12.4 Å². The van der Waals surface area contributed by atoms with Crippen molar-refractivity contribution in [3.8, 4) is 0 Å². The third-order valence-electron chi connectivity index (χ3n) is 4.16. The molecule has 4 nitrogen and oxygen atoms in total. The minimum absolute atomic E-state index is 0. The molecule has 0 saturated carbocycles. The number of halogens is 1. The van der Waals surface area contributed by atoms with Crippen LogP contribution in [0.3, 0.4) is 0 Å². The van der Waals surface area contributed by atoms with Crippen LogP contribution in [0.2, 0.25) is 0 Å². The SMILES string of the molecule is CCC(C)C(N)C(=O)Nc1ccc(COCc2ccccc2)cc1.Cl. The van der Waals surface area contributed by atoms with Crippen LogP contribution in [0.1, 0.15) is 31.4 Å². The lowest BCUT2D eigenvalue weighted by atomic mass is 9.99. The fourth-order valence-corrected chi connectivity index (χ4v) is 2.28. The Kier molecular flexibility index (Phi) is 9.21. The van der Waals surface area contributed by atoms with Gasteiger partial charge in [-0.1, -0.05) is 62.7 Å². The van der Waals surface area contributed by atoms with Gasteiger partial charge in [-0.25, -0.2) is 0 Å².